The Morgan fingerprint density at radius 3 is 3.06 bits per heavy atom. The second kappa shape index (κ2) is 4.10. The highest BCUT2D eigenvalue weighted by molar-refractivity contribution is 9.10. The number of halogens is 1. The van der Waals surface area contributed by atoms with Crippen molar-refractivity contribution in [2.24, 2.45) is 0 Å². The van der Waals surface area contributed by atoms with Crippen molar-refractivity contribution >= 4 is 26.8 Å². The fraction of sp³-hybridized carbons (Fsp3) is 0.467. The standard InChI is InChI=1S/C15H17BrN2/c16-11-7-10-3-2-6-18-9-13(12(8-11)15(10)18)14-4-1-5-17-14/h7-9,14,17H,1-6H2. The Morgan fingerprint density at radius 2 is 2.22 bits per heavy atom. The predicted octanol–water partition coefficient (Wildman–Crippen LogP) is 3.77. The third-order valence-electron chi connectivity index (χ3n) is 4.33. The van der Waals surface area contributed by atoms with Gasteiger partial charge in [-0.1, -0.05) is 15.9 Å². The first-order chi connectivity index (χ1) is 8.83. The number of aromatic nitrogens is 1. The van der Waals surface area contributed by atoms with Crippen molar-refractivity contribution in [3.05, 3.63) is 33.9 Å². The largest absolute Gasteiger partial charge is 0.347 e. The molecule has 1 saturated heterocycles. The van der Waals surface area contributed by atoms with Gasteiger partial charge in [0, 0.05) is 28.6 Å². The summed E-state index contributed by atoms with van der Waals surface area (Å²) < 4.78 is 3.69. The average molecular weight is 305 g/mol. The second-order valence-corrected chi connectivity index (χ2v) is 6.41. The number of nitrogens with zero attached hydrogens (tertiary/aromatic N) is 1. The highest BCUT2D eigenvalue weighted by Crippen LogP contribution is 2.37. The van der Waals surface area contributed by atoms with E-state index in [9.17, 15) is 0 Å². The minimum absolute atomic E-state index is 0.564. The van der Waals surface area contributed by atoms with Gasteiger partial charge in [0.05, 0.1) is 5.52 Å². The van der Waals surface area contributed by atoms with Crippen LogP contribution in [0.4, 0.5) is 0 Å². The number of hydrogen-bond acceptors (Lipinski definition) is 1. The quantitative estimate of drug-likeness (QED) is 0.848. The summed E-state index contributed by atoms with van der Waals surface area (Å²) in [5.41, 5.74) is 4.50. The summed E-state index contributed by atoms with van der Waals surface area (Å²) in [6.45, 7) is 2.34. The molecule has 0 bridgehead atoms. The van der Waals surface area contributed by atoms with E-state index in [1.807, 2.05) is 0 Å². The second-order valence-electron chi connectivity index (χ2n) is 5.49. The molecule has 0 amide bonds. The van der Waals surface area contributed by atoms with Crippen LogP contribution in [0, 0.1) is 0 Å². The van der Waals surface area contributed by atoms with Gasteiger partial charge in [-0.05, 0) is 55.5 Å². The van der Waals surface area contributed by atoms with E-state index in [0.717, 1.165) is 6.54 Å². The summed E-state index contributed by atoms with van der Waals surface area (Å²) in [6, 6.07) is 5.16. The molecular weight excluding hydrogens is 288 g/mol. The molecule has 2 aliphatic rings. The molecular formula is C15H17BrN2. The molecule has 2 nitrogen and oxygen atoms in total. The first-order valence-electron chi connectivity index (χ1n) is 6.87. The first kappa shape index (κ1) is 11.1. The van der Waals surface area contributed by atoms with Gasteiger partial charge >= 0.3 is 0 Å². The van der Waals surface area contributed by atoms with E-state index >= 15 is 0 Å². The molecule has 4 rings (SSSR count). The van der Waals surface area contributed by atoms with Crippen LogP contribution in [0.1, 0.15) is 36.4 Å². The number of nitrogens with one attached hydrogen (secondary N) is 1. The first-order valence-corrected chi connectivity index (χ1v) is 7.67. The summed E-state index contributed by atoms with van der Waals surface area (Å²) in [5.74, 6) is 0. The van der Waals surface area contributed by atoms with Crippen molar-refractivity contribution in [1.82, 2.24) is 9.88 Å². The third-order valence-corrected chi connectivity index (χ3v) is 4.79. The average Bonchev–Trinajstić information content (AvgIpc) is 2.97. The normalized spacial score (nSPS) is 22.8. The zero-order valence-electron chi connectivity index (χ0n) is 10.4. The zero-order chi connectivity index (χ0) is 12.1. The number of hydrogen-bond donors (Lipinski definition) is 1. The number of aryl methyl sites for hydroxylation is 2. The topological polar surface area (TPSA) is 17.0 Å². The van der Waals surface area contributed by atoms with Crippen molar-refractivity contribution in [2.75, 3.05) is 6.54 Å². The van der Waals surface area contributed by atoms with Gasteiger partial charge in [0.25, 0.3) is 0 Å². The Kier molecular flexibility index (Phi) is 2.52. The lowest BCUT2D eigenvalue weighted by molar-refractivity contribution is 0.619. The lowest BCUT2D eigenvalue weighted by atomic mass is 10.00. The molecule has 0 spiro atoms. The fourth-order valence-electron chi connectivity index (χ4n) is 3.55. The predicted molar refractivity (Wildman–Crippen MR) is 77.9 cm³/mol. The van der Waals surface area contributed by atoms with E-state index < -0.39 is 0 Å². The third kappa shape index (κ3) is 1.57. The van der Waals surface area contributed by atoms with Crippen LogP contribution in [-0.4, -0.2) is 11.1 Å². The van der Waals surface area contributed by atoms with Crippen molar-refractivity contribution in [2.45, 2.75) is 38.3 Å². The lowest BCUT2D eigenvalue weighted by Gasteiger charge is -2.15. The van der Waals surface area contributed by atoms with Gasteiger partial charge in [-0.3, -0.25) is 0 Å². The summed E-state index contributed by atoms with van der Waals surface area (Å²) in [6.07, 6.45) is 7.46. The Hall–Kier alpha value is -0.800. The van der Waals surface area contributed by atoms with E-state index in [-0.39, 0.29) is 0 Å². The molecule has 3 heterocycles. The minimum Gasteiger partial charge on any atom is -0.347 e. The number of rotatable bonds is 1. The Morgan fingerprint density at radius 1 is 1.28 bits per heavy atom. The fourth-order valence-corrected chi connectivity index (χ4v) is 4.06. The maximum Gasteiger partial charge on any atom is 0.0517 e. The van der Waals surface area contributed by atoms with E-state index in [1.54, 1.807) is 0 Å². The number of benzene rings is 1. The van der Waals surface area contributed by atoms with Crippen LogP contribution in [0.3, 0.4) is 0 Å². The Bertz CT molecular complexity index is 608. The molecule has 1 unspecified atom stereocenters. The van der Waals surface area contributed by atoms with Gasteiger partial charge in [0.15, 0.2) is 0 Å². The van der Waals surface area contributed by atoms with Gasteiger partial charge in [0.2, 0.25) is 0 Å². The molecule has 1 aromatic heterocycles. The lowest BCUT2D eigenvalue weighted by Crippen LogP contribution is -2.12. The SMILES string of the molecule is Brc1cc2c3c(c1)c(C1CCCN1)cn3CCC2. The maximum absolute atomic E-state index is 3.67. The highest BCUT2D eigenvalue weighted by Gasteiger charge is 2.23. The summed E-state index contributed by atoms with van der Waals surface area (Å²) in [7, 11) is 0. The Labute approximate surface area is 115 Å². The van der Waals surface area contributed by atoms with E-state index in [4.69, 9.17) is 0 Å². The van der Waals surface area contributed by atoms with Crippen LogP contribution >= 0.6 is 15.9 Å². The van der Waals surface area contributed by atoms with Crippen molar-refractivity contribution in [3.63, 3.8) is 0 Å². The molecule has 18 heavy (non-hydrogen) atoms. The van der Waals surface area contributed by atoms with E-state index in [1.165, 1.54) is 58.7 Å². The van der Waals surface area contributed by atoms with Crippen LogP contribution < -0.4 is 5.32 Å². The summed E-state index contributed by atoms with van der Waals surface area (Å²) in [4.78, 5) is 0. The van der Waals surface area contributed by atoms with Gasteiger partial charge in [0.1, 0.15) is 0 Å². The van der Waals surface area contributed by atoms with Crippen molar-refractivity contribution in [1.29, 1.82) is 0 Å². The van der Waals surface area contributed by atoms with Gasteiger partial charge in [-0.25, -0.2) is 0 Å². The van der Waals surface area contributed by atoms with Crippen LogP contribution in [0.25, 0.3) is 10.9 Å². The van der Waals surface area contributed by atoms with Crippen molar-refractivity contribution < 1.29 is 0 Å². The van der Waals surface area contributed by atoms with Gasteiger partial charge in [-0.2, -0.15) is 0 Å². The summed E-state index contributed by atoms with van der Waals surface area (Å²) in [5, 5.41) is 5.09. The van der Waals surface area contributed by atoms with Crippen LogP contribution in [0.5, 0.6) is 0 Å². The zero-order valence-corrected chi connectivity index (χ0v) is 12.0. The molecule has 2 aromatic rings. The monoisotopic (exact) mass is 304 g/mol. The smallest absolute Gasteiger partial charge is 0.0517 e. The maximum atomic E-state index is 3.67. The molecule has 1 aromatic carbocycles. The molecule has 1 N–H and O–H groups in total. The van der Waals surface area contributed by atoms with E-state index in [2.05, 4.69) is 44.1 Å². The highest BCUT2D eigenvalue weighted by atomic mass is 79.9. The molecule has 1 fully saturated rings. The molecule has 0 aliphatic carbocycles. The van der Waals surface area contributed by atoms with Crippen LogP contribution in [0.15, 0.2) is 22.8 Å². The molecule has 94 valence electrons. The molecule has 3 heteroatoms. The molecule has 2 aliphatic heterocycles. The van der Waals surface area contributed by atoms with Crippen LogP contribution in [0.2, 0.25) is 0 Å². The van der Waals surface area contributed by atoms with Gasteiger partial charge < -0.3 is 9.88 Å². The Balaban J connectivity index is 1.99. The summed E-state index contributed by atoms with van der Waals surface area (Å²) >= 11 is 3.67. The molecule has 1 atom stereocenters. The minimum atomic E-state index is 0.564. The van der Waals surface area contributed by atoms with Crippen molar-refractivity contribution in [3.8, 4) is 0 Å². The van der Waals surface area contributed by atoms with E-state index in [0.29, 0.717) is 6.04 Å². The molecule has 0 radical (unpaired) electrons. The van der Waals surface area contributed by atoms with Gasteiger partial charge in [-0.15, -0.1) is 0 Å². The van der Waals surface area contributed by atoms with Crippen LogP contribution in [-0.2, 0) is 13.0 Å². The molecule has 0 saturated carbocycles.